The van der Waals surface area contributed by atoms with Gasteiger partial charge in [0.15, 0.2) is 0 Å². The zero-order valence-electron chi connectivity index (χ0n) is 18.1. The number of rotatable bonds is 9. The molecule has 2 aromatic carbocycles. The molecule has 0 saturated carbocycles. The largest absolute Gasteiger partial charge is 0.355 e. The van der Waals surface area contributed by atoms with Crippen LogP contribution in [-0.4, -0.2) is 50.5 Å². The van der Waals surface area contributed by atoms with Gasteiger partial charge in [0.05, 0.1) is 27.0 Å². The van der Waals surface area contributed by atoms with E-state index in [1.807, 2.05) is 0 Å². The van der Waals surface area contributed by atoms with Crippen molar-refractivity contribution in [2.75, 3.05) is 23.7 Å². The van der Waals surface area contributed by atoms with Crippen LogP contribution in [0.2, 0.25) is 20.1 Å². The number of nitrogens with one attached hydrogen (secondary N) is 1. The lowest BCUT2D eigenvalue weighted by Crippen LogP contribution is -2.51. The van der Waals surface area contributed by atoms with E-state index in [1.165, 1.54) is 23.1 Å². The summed E-state index contributed by atoms with van der Waals surface area (Å²) < 4.78 is 25.9. The van der Waals surface area contributed by atoms with Gasteiger partial charge in [-0.2, -0.15) is 0 Å². The molecule has 0 radical (unpaired) electrons. The lowest BCUT2D eigenvalue weighted by molar-refractivity contribution is -0.139. The number of hydrogen-bond donors (Lipinski definition) is 1. The Hall–Kier alpha value is -1.71. The molecule has 0 spiro atoms. The fraction of sp³-hybridized carbons (Fsp3) is 0.333. The van der Waals surface area contributed by atoms with E-state index in [1.54, 1.807) is 32.0 Å². The van der Waals surface area contributed by atoms with Crippen LogP contribution in [0.15, 0.2) is 36.4 Å². The molecule has 0 aliphatic carbocycles. The molecule has 7 nitrogen and oxygen atoms in total. The van der Waals surface area contributed by atoms with E-state index >= 15 is 0 Å². The molecular weight excluding hydrogens is 532 g/mol. The monoisotopic (exact) mass is 553 g/mol. The molecule has 2 rings (SSSR count). The van der Waals surface area contributed by atoms with Crippen molar-refractivity contribution in [3.63, 3.8) is 0 Å². The average Bonchev–Trinajstić information content (AvgIpc) is 2.73. The first-order valence-corrected chi connectivity index (χ1v) is 13.1. The standard InChI is InChI=1S/C21H23Cl4N3O4S/c1-4-26-21(30)13(2)27(11-14-5-7-16(23)18(25)9-14)20(29)12-28(33(3,31)32)19-10-15(22)6-8-17(19)24/h5-10,13H,4,11-12H2,1-3H3,(H,26,30). The second-order valence-corrected chi connectivity index (χ2v) is 10.8. The lowest BCUT2D eigenvalue weighted by atomic mass is 10.1. The minimum absolute atomic E-state index is 0.00506. The van der Waals surface area contributed by atoms with Crippen molar-refractivity contribution in [2.45, 2.75) is 26.4 Å². The number of carbonyl (C=O) groups is 2. The minimum atomic E-state index is -3.92. The molecular formula is C21H23Cl4N3O4S. The van der Waals surface area contributed by atoms with E-state index < -0.39 is 34.4 Å². The van der Waals surface area contributed by atoms with Crippen molar-refractivity contribution >= 4 is 73.9 Å². The van der Waals surface area contributed by atoms with E-state index in [0.29, 0.717) is 17.1 Å². The van der Waals surface area contributed by atoms with Crippen molar-refractivity contribution in [1.82, 2.24) is 10.2 Å². The number of carbonyl (C=O) groups excluding carboxylic acids is 2. The normalized spacial score (nSPS) is 12.2. The van der Waals surface area contributed by atoms with Gasteiger partial charge in [0.1, 0.15) is 12.6 Å². The molecule has 0 aromatic heterocycles. The topological polar surface area (TPSA) is 86.8 Å². The first kappa shape index (κ1) is 27.5. The SMILES string of the molecule is CCNC(=O)C(C)N(Cc1ccc(Cl)c(Cl)c1)C(=O)CN(c1cc(Cl)ccc1Cl)S(C)(=O)=O. The highest BCUT2D eigenvalue weighted by Crippen LogP contribution is 2.31. The van der Waals surface area contributed by atoms with Gasteiger partial charge in [-0.25, -0.2) is 8.42 Å². The van der Waals surface area contributed by atoms with E-state index in [9.17, 15) is 18.0 Å². The Kier molecular flexibility index (Phi) is 9.70. The summed E-state index contributed by atoms with van der Waals surface area (Å²) in [6, 6.07) is 8.22. The number of nitrogens with zero attached hydrogens (tertiary/aromatic N) is 2. The van der Waals surface area contributed by atoms with Crippen LogP contribution >= 0.6 is 46.4 Å². The molecule has 0 fully saturated rings. The summed E-state index contributed by atoms with van der Waals surface area (Å²) in [7, 11) is -3.92. The molecule has 1 N–H and O–H groups in total. The summed E-state index contributed by atoms with van der Waals surface area (Å²) >= 11 is 24.3. The third kappa shape index (κ3) is 7.39. The third-order valence-electron chi connectivity index (χ3n) is 4.71. The predicted molar refractivity (Wildman–Crippen MR) is 134 cm³/mol. The Labute approximate surface area is 213 Å². The van der Waals surface area contributed by atoms with Crippen LogP contribution in [-0.2, 0) is 26.2 Å². The zero-order chi connectivity index (χ0) is 24.9. The average molecular weight is 555 g/mol. The fourth-order valence-corrected chi connectivity index (χ4v) is 4.62. The van der Waals surface area contributed by atoms with Gasteiger partial charge in [-0.15, -0.1) is 0 Å². The molecule has 0 aliphatic heterocycles. The minimum Gasteiger partial charge on any atom is -0.355 e. The van der Waals surface area contributed by atoms with Crippen molar-refractivity contribution in [2.24, 2.45) is 0 Å². The van der Waals surface area contributed by atoms with E-state index in [4.69, 9.17) is 46.4 Å². The van der Waals surface area contributed by atoms with Crippen LogP contribution in [0, 0.1) is 0 Å². The summed E-state index contributed by atoms with van der Waals surface area (Å²) in [5.74, 6) is -1.01. The van der Waals surface area contributed by atoms with Crippen LogP contribution in [0.3, 0.4) is 0 Å². The van der Waals surface area contributed by atoms with Crippen LogP contribution < -0.4 is 9.62 Å². The van der Waals surface area contributed by atoms with Gasteiger partial charge in [-0.3, -0.25) is 13.9 Å². The molecule has 0 aliphatic rings. The number of halogens is 4. The molecule has 2 aromatic rings. The fourth-order valence-electron chi connectivity index (χ4n) is 3.01. The van der Waals surface area contributed by atoms with Crippen LogP contribution in [0.5, 0.6) is 0 Å². The Morgan fingerprint density at radius 1 is 1.00 bits per heavy atom. The van der Waals surface area contributed by atoms with Crippen molar-refractivity contribution < 1.29 is 18.0 Å². The summed E-state index contributed by atoms with van der Waals surface area (Å²) in [4.78, 5) is 27.2. The quantitative estimate of drug-likeness (QED) is 0.490. The lowest BCUT2D eigenvalue weighted by Gasteiger charge is -2.31. The van der Waals surface area contributed by atoms with Crippen LogP contribution in [0.1, 0.15) is 19.4 Å². The number of amides is 2. The Bertz CT molecular complexity index is 1140. The van der Waals surface area contributed by atoms with Crippen molar-refractivity contribution in [3.05, 3.63) is 62.1 Å². The number of sulfonamides is 1. The Balaban J connectivity index is 2.45. The summed E-state index contributed by atoms with van der Waals surface area (Å²) in [5.41, 5.74) is 0.667. The van der Waals surface area contributed by atoms with Crippen molar-refractivity contribution in [1.29, 1.82) is 0 Å². The maximum absolute atomic E-state index is 13.4. The van der Waals surface area contributed by atoms with Gasteiger partial charge in [0.25, 0.3) is 0 Å². The van der Waals surface area contributed by atoms with E-state index in [0.717, 1.165) is 10.6 Å². The molecule has 0 saturated heterocycles. The van der Waals surface area contributed by atoms with Gasteiger partial charge >= 0.3 is 0 Å². The first-order valence-electron chi connectivity index (χ1n) is 9.79. The molecule has 180 valence electrons. The molecule has 2 amide bonds. The smallest absolute Gasteiger partial charge is 0.244 e. The molecule has 0 bridgehead atoms. The molecule has 1 unspecified atom stereocenters. The van der Waals surface area contributed by atoms with Gasteiger partial charge in [0, 0.05) is 18.1 Å². The highest BCUT2D eigenvalue weighted by Gasteiger charge is 2.30. The van der Waals surface area contributed by atoms with Gasteiger partial charge in [0.2, 0.25) is 21.8 Å². The first-order chi connectivity index (χ1) is 15.3. The zero-order valence-corrected chi connectivity index (χ0v) is 22.0. The number of hydrogen-bond acceptors (Lipinski definition) is 4. The number of likely N-dealkylation sites (N-methyl/N-ethyl adjacent to an activating group) is 1. The summed E-state index contributed by atoms with van der Waals surface area (Å²) in [6.07, 6.45) is 0.952. The Morgan fingerprint density at radius 3 is 2.21 bits per heavy atom. The number of anilines is 1. The molecule has 33 heavy (non-hydrogen) atoms. The summed E-state index contributed by atoms with van der Waals surface area (Å²) in [6.45, 7) is 3.07. The van der Waals surface area contributed by atoms with Gasteiger partial charge < -0.3 is 10.2 Å². The third-order valence-corrected chi connectivity index (χ3v) is 7.13. The van der Waals surface area contributed by atoms with Crippen molar-refractivity contribution in [3.8, 4) is 0 Å². The predicted octanol–water partition coefficient (Wildman–Crippen LogP) is 4.62. The second-order valence-electron chi connectivity index (χ2n) is 7.21. The summed E-state index contributed by atoms with van der Waals surface area (Å²) in [5, 5.41) is 3.65. The van der Waals surface area contributed by atoms with Gasteiger partial charge in [-0.1, -0.05) is 52.5 Å². The van der Waals surface area contributed by atoms with Crippen LogP contribution in [0.25, 0.3) is 0 Å². The maximum Gasteiger partial charge on any atom is 0.244 e. The Morgan fingerprint density at radius 2 is 1.64 bits per heavy atom. The maximum atomic E-state index is 13.4. The number of benzene rings is 2. The molecule has 0 heterocycles. The second kappa shape index (κ2) is 11.6. The molecule has 1 atom stereocenters. The van der Waals surface area contributed by atoms with E-state index in [-0.39, 0.29) is 27.3 Å². The molecule has 12 heteroatoms. The van der Waals surface area contributed by atoms with E-state index in [2.05, 4.69) is 5.32 Å². The highest BCUT2D eigenvalue weighted by atomic mass is 35.5. The van der Waals surface area contributed by atoms with Crippen LogP contribution in [0.4, 0.5) is 5.69 Å². The van der Waals surface area contributed by atoms with Gasteiger partial charge in [-0.05, 0) is 49.7 Å². The highest BCUT2D eigenvalue weighted by molar-refractivity contribution is 7.92.